The zero-order valence-corrected chi connectivity index (χ0v) is 12.6. The molecule has 0 aliphatic carbocycles. The van der Waals surface area contributed by atoms with Crippen LogP contribution < -0.4 is 5.32 Å². The average Bonchev–Trinajstić information content (AvgIpc) is 2.42. The van der Waals surface area contributed by atoms with Crippen molar-refractivity contribution in [2.45, 2.75) is 4.90 Å². The zero-order chi connectivity index (χ0) is 13.8. The standard InChI is InChI=1S/C14H12BrNO2S/c1-19-11-5-3-10(4-6-11)16-14(18)9-2-7-12(15)13(17)8-9/h2-8,17H,1H3,(H,16,18). The lowest BCUT2D eigenvalue weighted by Crippen LogP contribution is -2.11. The molecule has 1 amide bonds. The fraction of sp³-hybridized carbons (Fsp3) is 0.0714. The fourth-order valence-electron chi connectivity index (χ4n) is 1.53. The number of thioether (sulfide) groups is 1. The topological polar surface area (TPSA) is 49.3 Å². The Labute approximate surface area is 124 Å². The van der Waals surface area contributed by atoms with E-state index in [1.165, 1.54) is 6.07 Å². The molecule has 0 bridgehead atoms. The van der Waals surface area contributed by atoms with Gasteiger partial charge in [0.25, 0.3) is 5.91 Å². The van der Waals surface area contributed by atoms with Gasteiger partial charge in [-0.1, -0.05) is 0 Å². The number of carbonyl (C=O) groups is 1. The van der Waals surface area contributed by atoms with Crippen LogP contribution in [0.25, 0.3) is 0 Å². The van der Waals surface area contributed by atoms with Crippen LogP contribution >= 0.6 is 27.7 Å². The lowest BCUT2D eigenvalue weighted by atomic mass is 10.2. The lowest BCUT2D eigenvalue weighted by Gasteiger charge is -2.07. The number of anilines is 1. The summed E-state index contributed by atoms with van der Waals surface area (Å²) in [5.41, 5.74) is 1.14. The van der Waals surface area contributed by atoms with Gasteiger partial charge >= 0.3 is 0 Å². The van der Waals surface area contributed by atoms with E-state index in [0.29, 0.717) is 10.0 Å². The van der Waals surface area contributed by atoms with Crippen molar-refractivity contribution in [1.82, 2.24) is 0 Å². The molecule has 0 spiro atoms. The van der Waals surface area contributed by atoms with Gasteiger partial charge in [-0.15, -0.1) is 11.8 Å². The predicted octanol–water partition coefficient (Wildman–Crippen LogP) is 4.13. The molecular formula is C14H12BrNO2S. The molecule has 0 unspecified atom stereocenters. The van der Waals surface area contributed by atoms with Gasteiger partial charge in [-0.25, -0.2) is 0 Å². The molecule has 5 heteroatoms. The van der Waals surface area contributed by atoms with Crippen LogP contribution in [0.1, 0.15) is 10.4 Å². The van der Waals surface area contributed by atoms with Crippen LogP contribution in [0.5, 0.6) is 5.75 Å². The van der Waals surface area contributed by atoms with E-state index >= 15 is 0 Å². The lowest BCUT2D eigenvalue weighted by molar-refractivity contribution is 0.102. The van der Waals surface area contributed by atoms with E-state index in [9.17, 15) is 9.90 Å². The highest BCUT2D eigenvalue weighted by atomic mass is 79.9. The van der Waals surface area contributed by atoms with E-state index in [0.717, 1.165) is 10.6 Å². The van der Waals surface area contributed by atoms with E-state index in [1.54, 1.807) is 23.9 Å². The maximum atomic E-state index is 12.0. The number of amides is 1. The Morgan fingerprint density at radius 2 is 1.89 bits per heavy atom. The minimum absolute atomic E-state index is 0.0466. The normalized spacial score (nSPS) is 10.2. The Kier molecular flexibility index (Phi) is 4.50. The summed E-state index contributed by atoms with van der Waals surface area (Å²) in [4.78, 5) is 13.1. The molecule has 2 aromatic carbocycles. The Hall–Kier alpha value is -1.46. The molecular weight excluding hydrogens is 326 g/mol. The van der Waals surface area contributed by atoms with Gasteiger partial charge in [-0.05, 0) is 64.7 Å². The molecule has 0 aliphatic rings. The Morgan fingerprint density at radius 1 is 1.21 bits per heavy atom. The van der Waals surface area contributed by atoms with Crippen molar-refractivity contribution >= 4 is 39.3 Å². The van der Waals surface area contributed by atoms with Crippen LogP contribution in [-0.2, 0) is 0 Å². The Morgan fingerprint density at radius 3 is 2.47 bits per heavy atom. The molecule has 2 N–H and O–H groups in total. The summed E-state index contributed by atoms with van der Waals surface area (Å²) in [5.74, 6) is -0.204. The molecule has 0 heterocycles. The number of hydrogen-bond donors (Lipinski definition) is 2. The number of phenolic OH excluding ortho intramolecular Hbond substituents is 1. The van der Waals surface area contributed by atoms with Crippen LogP contribution in [0, 0.1) is 0 Å². The second kappa shape index (κ2) is 6.12. The number of hydrogen-bond acceptors (Lipinski definition) is 3. The van der Waals surface area contributed by atoms with E-state index in [1.807, 2.05) is 30.5 Å². The summed E-state index contributed by atoms with van der Waals surface area (Å²) in [7, 11) is 0. The number of benzene rings is 2. The first kappa shape index (κ1) is 14.0. The van der Waals surface area contributed by atoms with Gasteiger partial charge in [-0.2, -0.15) is 0 Å². The monoisotopic (exact) mass is 337 g/mol. The summed E-state index contributed by atoms with van der Waals surface area (Å²) >= 11 is 4.82. The van der Waals surface area contributed by atoms with E-state index in [4.69, 9.17) is 0 Å². The number of halogens is 1. The van der Waals surface area contributed by atoms with Crippen LogP contribution in [0.4, 0.5) is 5.69 Å². The van der Waals surface area contributed by atoms with Crippen molar-refractivity contribution in [3.8, 4) is 5.75 Å². The summed E-state index contributed by atoms with van der Waals surface area (Å²) in [5, 5.41) is 12.3. The number of aromatic hydroxyl groups is 1. The van der Waals surface area contributed by atoms with Gasteiger partial charge in [0, 0.05) is 16.1 Å². The van der Waals surface area contributed by atoms with Gasteiger partial charge < -0.3 is 10.4 Å². The van der Waals surface area contributed by atoms with Crippen molar-refractivity contribution < 1.29 is 9.90 Å². The van der Waals surface area contributed by atoms with Crippen molar-refractivity contribution in [3.05, 3.63) is 52.5 Å². The largest absolute Gasteiger partial charge is 0.507 e. The number of phenols is 1. The smallest absolute Gasteiger partial charge is 0.255 e. The number of rotatable bonds is 3. The van der Waals surface area contributed by atoms with Crippen molar-refractivity contribution in [2.75, 3.05) is 11.6 Å². The molecule has 0 aliphatic heterocycles. The second-order valence-corrected chi connectivity index (χ2v) is 5.58. The van der Waals surface area contributed by atoms with Gasteiger partial charge in [-0.3, -0.25) is 4.79 Å². The molecule has 98 valence electrons. The first-order valence-corrected chi connectivity index (χ1v) is 7.56. The molecule has 3 nitrogen and oxygen atoms in total. The molecule has 0 atom stereocenters. The summed E-state index contributed by atoms with van der Waals surface area (Å²) in [6.45, 7) is 0. The summed E-state index contributed by atoms with van der Waals surface area (Å²) in [6, 6.07) is 12.3. The molecule has 0 saturated carbocycles. The van der Waals surface area contributed by atoms with Crippen LogP contribution in [0.2, 0.25) is 0 Å². The first-order valence-electron chi connectivity index (χ1n) is 5.54. The third kappa shape index (κ3) is 3.52. The van der Waals surface area contributed by atoms with Crippen LogP contribution in [0.3, 0.4) is 0 Å². The highest BCUT2D eigenvalue weighted by Gasteiger charge is 2.08. The van der Waals surface area contributed by atoms with Crippen LogP contribution in [-0.4, -0.2) is 17.3 Å². The number of carbonyl (C=O) groups excluding carboxylic acids is 1. The SMILES string of the molecule is CSc1ccc(NC(=O)c2ccc(Br)c(O)c2)cc1. The quantitative estimate of drug-likeness (QED) is 0.828. The van der Waals surface area contributed by atoms with E-state index in [2.05, 4.69) is 21.2 Å². The third-order valence-electron chi connectivity index (χ3n) is 2.56. The van der Waals surface area contributed by atoms with Crippen molar-refractivity contribution in [2.24, 2.45) is 0 Å². The molecule has 2 rings (SSSR count). The molecule has 0 radical (unpaired) electrons. The maximum absolute atomic E-state index is 12.0. The minimum atomic E-state index is -0.250. The van der Waals surface area contributed by atoms with Crippen molar-refractivity contribution in [1.29, 1.82) is 0 Å². The first-order chi connectivity index (χ1) is 9.10. The minimum Gasteiger partial charge on any atom is -0.507 e. The van der Waals surface area contributed by atoms with E-state index < -0.39 is 0 Å². The summed E-state index contributed by atoms with van der Waals surface area (Å²) < 4.78 is 0.563. The highest BCUT2D eigenvalue weighted by Crippen LogP contribution is 2.25. The maximum Gasteiger partial charge on any atom is 0.255 e. The third-order valence-corrected chi connectivity index (χ3v) is 3.97. The Bertz CT molecular complexity index is 599. The summed E-state index contributed by atoms with van der Waals surface area (Å²) in [6.07, 6.45) is 2.00. The van der Waals surface area contributed by atoms with Gasteiger partial charge in [0.1, 0.15) is 5.75 Å². The molecule has 0 saturated heterocycles. The second-order valence-electron chi connectivity index (χ2n) is 3.85. The molecule has 0 fully saturated rings. The van der Waals surface area contributed by atoms with Gasteiger partial charge in [0.2, 0.25) is 0 Å². The number of nitrogens with one attached hydrogen (secondary N) is 1. The van der Waals surface area contributed by atoms with Crippen LogP contribution in [0.15, 0.2) is 51.8 Å². The predicted molar refractivity (Wildman–Crippen MR) is 82.0 cm³/mol. The fourth-order valence-corrected chi connectivity index (χ4v) is 2.19. The van der Waals surface area contributed by atoms with Gasteiger partial charge in [0.05, 0.1) is 4.47 Å². The van der Waals surface area contributed by atoms with Crippen molar-refractivity contribution in [3.63, 3.8) is 0 Å². The molecule has 0 aromatic heterocycles. The highest BCUT2D eigenvalue weighted by molar-refractivity contribution is 9.10. The van der Waals surface area contributed by atoms with Gasteiger partial charge in [0.15, 0.2) is 0 Å². The van der Waals surface area contributed by atoms with E-state index in [-0.39, 0.29) is 11.7 Å². The average molecular weight is 338 g/mol. The zero-order valence-electron chi connectivity index (χ0n) is 10.2. The Balaban J connectivity index is 2.13. The molecule has 19 heavy (non-hydrogen) atoms. The molecule has 2 aromatic rings.